The molecule has 0 aromatic heterocycles. The van der Waals surface area contributed by atoms with Crippen LogP contribution in [0.3, 0.4) is 0 Å². The summed E-state index contributed by atoms with van der Waals surface area (Å²) in [5.74, 6) is -0.703. The molecule has 0 fully saturated rings. The summed E-state index contributed by atoms with van der Waals surface area (Å²) in [5.41, 5.74) is 1.61. The Balaban J connectivity index is 2.05. The van der Waals surface area contributed by atoms with Crippen LogP contribution in [0.2, 0.25) is 5.02 Å². The summed E-state index contributed by atoms with van der Waals surface area (Å²) in [4.78, 5) is 11.7. The van der Waals surface area contributed by atoms with Gasteiger partial charge in [0.1, 0.15) is 0 Å². The third-order valence-electron chi connectivity index (χ3n) is 5.34. The van der Waals surface area contributed by atoms with E-state index >= 15 is 0 Å². The number of azo groups is 1. The lowest BCUT2D eigenvalue weighted by atomic mass is 9.97. The number of benzene rings is 4. The summed E-state index contributed by atoms with van der Waals surface area (Å²) >= 11 is 6.08. The highest BCUT2D eigenvalue weighted by atomic mass is 35.5. The molecule has 4 rings (SSSR count). The average molecular weight is 489 g/mol. The number of ketones is 1. The van der Waals surface area contributed by atoms with E-state index in [4.69, 9.17) is 11.6 Å². The topological polar surface area (TPSA) is 75.9 Å². The number of carbonyl (C=O) groups excluding carboxylic acids is 1. The maximum atomic E-state index is 14.3. The molecule has 0 aliphatic carbocycles. The Morgan fingerprint density at radius 1 is 0.794 bits per heavy atom. The molecule has 34 heavy (non-hydrogen) atoms. The highest BCUT2D eigenvalue weighted by Crippen LogP contribution is 2.41. The van der Waals surface area contributed by atoms with Crippen molar-refractivity contribution in [1.29, 1.82) is 0 Å². The zero-order chi connectivity index (χ0) is 24.2. The van der Waals surface area contributed by atoms with E-state index in [0.29, 0.717) is 10.7 Å². The lowest BCUT2D eigenvalue weighted by molar-refractivity contribution is 0.0936. The summed E-state index contributed by atoms with van der Waals surface area (Å²) < 4.78 is 28.5. The molecule has 0 amide bonds. The summed E-state index contributed by atoms with van der Waals surface area (Å²) in [6.45, 7) is 1.86. The highest BCUT2D eigenvalue weighted by Gasteiger charge is 2.54. The van der Waals surface area contributed by atoms with Gasteiger partial charge in [0.25, 0.3) is 4.87 Å². The van der Waals surface area contributed by atoms with Crippen molar-refractivity contribution in [2.24, 2.45) is 10.2 Å². The van der Waals surface area contributed by atoms with Crippen LogP contribution in [0.5, 0.6) is 0 Å². The van der Waals surface area contributed by atoms with E-state index < -0.39 is 20.5 Å². The quantitative estimate of drug-likeness (QED) is 0.209. The van der Waals surface area contributed by atoms with Crippen LogP contribution in [0.4, 0.5) is 5.69 Å². The second-order valence-corrected chi connectivity index (χ2v) is 10.2. The number of hydrogen-bond donors (Lipinski definition) is 0. The molecule has 0 aliphatic heterocycles. The number of aryl methyl sites for hydroxylation is 1. The largest absolute Gasteiger partial charge is 0.290 e. The van der Waals surface area contributed by atoms with Crippen LogP contribution < -0.4 is 0 Å². The second-order valence-electron chi connectivity index (χ2n) is 7.70. The molecule has 0 unspecified atom stereocenters. The van der Waals surface area contributed by atoms with E-state index in [9.17, 15) is 13.2 Å². The molecule has 0 saturated carbocycles. The second kappa shape index (κ2) is 9.71. The van der Waals surface area contributed by atoms with Crippen LogP contribution in [0.1, 0.15) is 21.5 Å². The van der Waals surface area contributed by atoms with E-state index in [1.54, 1.807) is 97.1 Å². The molecule has 0 N–H and O–H groups in total. The van der Waals surface area contributed by atoms with Crippen LogP contribution in [0.25, 0.3) is 0 Å². The van der Waals surface area contributed by atoms with Crippen LogP contribution in [-0.2, 0) is 14.7 Å². The van der Waals surface area contributed by atoms with Crippen LogP contribution in [0, 0.1) is 6.92 Å². The number of nitrogens with zero attached hydrogens (tertiary/aromatic N) is 2. The van der Waals surface area contributed by atoms with Crippen LogP contribution >= 0.6 is 11.6 Å². The normalized spacial score (nSPS) is 13.5. The van der Waals surface area contributed by atoms with Crippen molar-refractivity contribution in [1.82, 2.24) is 0 Å². The van der Waals surface area contributed by atoms with Crippen molar-refractivity contribution in [3.05, 3.63) is 131 Å². The van der Waals surface area contributed by atoms with Crippen LogP contribution in [0.15, 0.2) is 124 Å². The van der Waals surface area contributed by atoms with Crippen molar-refractivity contribution in [3.63, 3.8) is 0 Å². The predicted octanol–water partition coefficient (Wildman–Crippen LogP) is 6.94. The molecule has 5 nitrogen and oxygen atoms in total. The van der Waals surface area contributed by atoms with E-state index in [-0.39, 0.29) is 16.0 Å². The lowest BCUT2D eigenvalue weighted by Gasteiger charge is -2.28. The third kappa shape index (κ3) is 4.42. The van der Waals surface area contributed by atoms with Gasteiger partial charge in [0.2, 0.25) is 15.6 Å². The molecule has 0 spiro atoms. The Labute approximate surface area is 203 Å². The monoisotopic (exact) mass is 488 g/mol. The molecular formula is C27H21ClN2O3S. The minimum atomic E-state index is -4.40. The standard InChI is InChI=1S/C27H21ClN2O3S/c1-20-15-17-25(18-16-20)34(32,33)27(22-11-6-3-7-12-22,26(31)21-9-4-2-5-10-21)30-29-24-14-8-13-23(28)19-24/h2-19H,1H3/t27-/m0/s1. The van der Waals surface area contributed by atoms with Gasteiger partial charge >= 0.3 is 0 Å². The van der Waals surface area contributed by atoms with Gasteiger partial charge in [0.05, 0.1) is 10.6 Å². The van der Waals surface area contributed by atoms with Gasteiger partial charge in [0, 0.05) is 16.1 Å². The summed E-state index contributed by atoms with van der Waals surface area (Å²) in [7, 11) is -4.40. The molecule has 0 radical (unpaired) electrons. The van der Waals surface area contributed by atoms with Crippen molar-refractivity contribution in [2.45, 2.75) is 16.7 Å². The van der Waals surface area contributed by atoms with Crippen molar-refractivity contribution in [3.8, 4) is 0 Å². The Bertz CT molecular complexity index is 1440. The SMILES string of the molecule is Cc1ccc(S(=O)(=O)[C@](N=Nc2cccc(Cl)c2)(C(=O)c2ccccc2)c2ccccc2)cc1. The Kier molecular flexibility index (Phi) is 6.72. The average Bonchev–Trinajstić information content (AvgIpc) is 2.85. The van der Waals surface area contributed by atoms with Gasteiger partial charge in [-0.3, -0.25) is 4.79 Å². The van der Waals surface area contributed by atoms with Gasteiger partial charge in [-0.25, -0.2) is 8.42 Å². The summed E-state index contributed by atoms with van der Waals surface area (Å²) in [6.07, 6.45) is 0. The van der Waals surface area contributed by atoms with Gasteiger partial charge < -0.3 is 0 Å². The molecule has 170 valence electrons. The van der Waals surface area contributed by atoms with Gasteiger partial charge in [0.15, 0.2) is 0 Å². The molecule has 0 saturated heterocycles. The van der Waals surface area contributed by atoms with Crippen molar-refractivity contribution in [2.75, 3.05) is 0 Å². The van der Waals surface area contributed by atoms with Crippen molar-refractivity contribution < 1.29 is 13.2 Å². The third-order valence-corrected chi connectivity index (χ3v) is 7.75. The lowest BCUT2D eigenvalue weighted by Crippen LogP contribution is -2.42. The molecule has 0 aliphatic rings. The Morgan fingerprint density at radius 3 is 2.03 bits per heavy atom. The highest BCUT2D eigenvalue weighted by molar-refractivity contribution is 7.93. The van der Waals surface area contributed by atoms with Gasteiger partial charge in [-0.15, -0.1) is 0 Å². The molecule has 1 atom stereocenters. The number of carbonyl (C=O) groups is 1. The molecular weight excluding hydrogens is 468 g/mol. The number of sulfone groups is 1. The minimum absolute atomic E-state index is 0.0312. The minimum Gasteiger partial charge on any atom is -0.290 e. The van der Waals surface area contributed by atoms with Gasteiger partial charge in [-0.2, -0.15) is 10.2 Å². The maximum Gasteiger partial charge on any atom is 0.273 e. The number of rotatable bonds is 7. The molecule has 0 bridgehead atoms. The fourth-order valence-corrected chi connectivity index (χ4v) is 5.55. The summed E-state index contributed by atoms with van der Waals surface area (Å²) in [5, 5.41) is 8.94. The maximum absolute atomic E-state index is 14.3. The molecule has 4 aromatic rings. The van der Waals surface area contributed by atoms with E-state index in [1.165, 1.54) is 12.1 Å². The van der Waals surface area contributed by atoms with E-state index in [2.05, 4.69) is 10.2 Å². The zero-order valence-corrected chi connectivity index (χ0v) is 19.9. The van der Waals surface area contributed by atoms with Gasteiger partial charge in [-0.1, -0.05) is 96.0 Å². The first-order valence-corrected chi connectivity index (χ1v) is 12.4. The van der Waals surface area contributed by atoms with E-state index in [0.717, 1.165) is 5.56 Å². The molecule has 4 aromatic carbocycles. The molecule has 0 heterocycles. The van der Waals surface area contributed by atoms with Gasteiger partial charge in [-0.05, 0) is 37.3 Å². The fraction of sp³-hybridized carbons (Fsp3) is 0.0741. The fourth-order valence-electron chi connectivity index (χ4n) is 3.57. The Hall–Kier alpha value is -3.61. The number of halogens is 1. The Morgan fingerprint density at radius 2 is 1.41 bits per heavy atom. The summed E-state index contributed by atoms with van der Waals surface area (Å²) in [6, 6.07) is 29.3. The van der Waals surface area contributed by atoms with Crippen LogP contribution in [-0.4, -0.2) is 14.2 Å². The predicted molar refractivity (Wildman–Crippen MR) is 133 cm³/mol. The van der Waals surface area contributed by atoms with E-state index in [1.807, 2.05) is 6.92 Å². The number of hydrogen-bond acceptors (Lipinski definition) is 5. The zero-order valence-electron chi connectivity index (χ0n) is 18.3. The van der Waals surface area contributed by atoms with Crippen molar-refractivity contribution >= 4 is 32.9 Å². The number of Topliss-reactive ketones (excluding diaryl/α,β-unsaturated/α-hetero) is 1. The smallest absolute Gasteiger partial charge is 0.273 e. The first-order valence-electron chi connectivity index (χ1n) is 10.5. The first-order chi connectivity index (χ1) is 16.3. The first kappa shape index (κ1) is 23.5. The molecule has 7 heteroatoms.